The molecule has 0 aliphatic carbocycles. The van der Waals surface area contributed by atoms with Crippen LogP contribution in [0.1, 0.15) is 10.4 Å². The van der Waals surface area contributed by atoms with E-state index < -0.39 is 0 Å². The monoisotopic (exact) mass is 377 g/mol. The zero-order valence-electron chi connectivity index (χ0n) is 16.1. The summed E-state index contributed by atoms with van der Waals surface area (Å²) in [5.41, 5.74) is 3.07. The van der Waals surface area contributed by atoms with E-state index in [4.69, 9.17) is 14.5 Å². The Kier molecular flexibility index (Phi) is 5.12. The zero-order valence-corrected chi connectivity index (χ0v) is 16.1. The highest BCUT2D eigenvalue weighted by molar-refractivity contribution is 6.07. The van der Waals surface area contributed by atoms with Crippen LogP contribution in [0.15, 0.2) is 48.5 Å². The van der Waals surface area contributed by atoms with Crippen LogP contribution < -0.4 is 14.8 Å². The predicted molar refractivity (Wildman–Crippen MR) is 109 cm³/mol. The molecule has 0 unspecified atom stereocenters. The first-order valence-electron chi connectivity index (χ1n) is 9.37. The van der Waals surface area contributed by atoms with Gasteiger partial charge in [0.05, 0.1) is 16.8 Å². The van der Waals surface area contributed by atoms with E-state index in [9.17, 15) is 4.79 Å². The molecule has 6 nitrogen and oxygen atoms in total. The minimum Gasteiger partial charge on any atom is -0.486 e. The van der Waals surface area contributed by atoms with Crippen molar-refractivity contribution >= 4 is 16.8 Å². The average Bonchev–Trinajstić information content (AvgIpc) is 2.75. The van der Waals surface area contributed by atoms with Crippen LogP contribution in [-0.4, -0.2) is 56.2 Å². The fourth-order valence-electron chi connectivity index (χ4n) is 3.29. The van der Waals surface area contributed by atoms with Crippen molar-refractivity contribution in [3.63, 3.8) is 0 Å². The first kappa shape index (κ1) is 18.3. The van der Waals surface area contributed by atoms with Gasteiger partial charge in [0.1, 0.15) is 13.2 Å². The molecule has 0 radical (unpaired) electrons. The number of likely N-dealkylation sites (N-methyl/N-ethyl adjacent to an activating group) is 2. The number of rotatable bonds is 5. The van der Waals surface area contributed by atoms with Crippen LogP contribution in [0, 0.1) is 0 Å². The van der Waals surface area contributed by atoms with Gasteiger partial charge < -0.3 is 19.7 Å². The number of para-hydroxylation sites is 1. The Morgan fingerprint density at radius 2 is 1.89 bits per heavy atom. The maximum absolute atomic E-state index is 13.1. The van der Waals surface area contributed by atoms with Crippen LogP contribution in [0.25, 0.3) is 22.2 Å². The predicted octanol–water partition coefficient (Wildman–Crippen LogP) is 2.96. The number of nitrogens with one attached hydrogen (secondary N) is 1. The first-order valence-corrected chi connectivity index (χ1v) is 9.37. The molecule has 2 aromatic carbocycles. The summed E-state index contributed by atoms with van der Waals surface area (Å²) in [7, 11) is 3.69. The lowest BCUT2D eigenvalue weighted by molar-refractivity contribution is 0.0799. The van der Waals surface area contributed by atoms with Crippen LogP contribution in [-0.2, 0) is 0 Å². The number of amides is 1. The third-order valence-electron chi connectivity index (χ3n) is 4.83. The SMILES string of the molecule is CNCCN(C)C(=O)c1cc(-c2ccc3c(c2)OCCO3)nc2ccccc12. The lowest BCUT2D eigenvalue weighted by Crippen LogP contribution is -2.33. The molecule has 1 amide bonds. The van der Waals surface area contributed by atoms with Crippen molar-refractivity contribution in [3.8, 4) is 22.8 Å². The normalized spacial score (nSPS) is 12.8. The molecule has 1 aliphatic rings. The fraction of sp³-hybridized carbons (Fsp3) is 0.273. The number of hydrogen-bond acceptors (Lipinski definition) is 5. The second-order valence-corrected chi connectivity index (χ2v) is 6.76. The minimum absolute atomic E-state index is 0.0207. The number of fused-ring (bicyclic) bond motifs is 2. The molecule has 28 heavy (non-hydrogen) atoms. The van der Waals surface area contributed by atoms with Crippen molar-refractivity contribution in [1.82, 2.24) is 15.2 Å². The van der Waals surface area contributed by atoms with Crippen molar-refractivity contribution in [3.05, 3.63) is 54.1 Å². The number of pyridine rings is 1. The van der Waals surface area contributed by atoms with Gasteiger partial charge in [0.25, 0.3) is 5.91 Å². The number of carbonyl (C=O) groups excluding carboxylic acids is 1. The van der Waals surface area contributed by atoms with E-state index in [1.165, 1.54) is 0 Å². The van der Waals surface area contributed by atoms with Crippen LogP contribution in [0.4, 0.5) is 0 Å². The second-order valence-electron chi connectivity index (χ2n) is 6.76. The van der Waals surface area contributed by atoms with Gasteiger partial charge in [-0.2, -0.15) is 0 Å². The van der Waals surface area contributed by atoms with Gasteiger partial charge in [0.2, 0.25) is 0 Å². The molecule has 1 aliphatic heterocycles. The molecule has 4 rings (SSSR count). The van der Waals surface area contributed by atoms with E-state index >= 15 is 0 Å². The third-order valence-corrected chi connectivity index (χ3v) is 4.83. The number of aromatic nitrogens is 1. The molecule has 0 saturated carbocycles. The Balaban J connectivity index is 1.79. The molecule has 0 saturated heterocycles. The number of hydrogen-bond donors (Lipinski definition) is 1. The standard InChI is InChI=1S/C22H23N3O3/c1-23-9-10-25(2)22(26)17-14-19(24-18-6-4-3-5-16(17)18)15-7-8-20-21(13-15)28-12-11-27-20/h3-8,13-14,23H,9-12H2,1-2H3. The number of benzene rings is 2. The van der Waals surface area contributed by atoms with Gasteiger partial charge >= 0.3 is 0 Å². The van der Waals surface area contributed by atoms with Crippen LogP contribution in [0.3, 0.4) is 0 Å². The number of ether oxygens (including phenoxy) is 2. The quantitative estimate of drug-likeness (QED) is 0.741. The van der Waals surface area contributed by atoms with E-state index in [0.717, 1.165) is 34.5 Å². The van der Waals surface area contributed by atoms with Crippen LogP contribution in [0.5, 0.6) is 11.5 Å². The van der Waals surface area contributed by atoms with Gasteiger partial charge in [0, 0.05) is 31.1 Å². The fourth-order valence-corrected chi connectivity index (χ4v) is 3.29. The highest BCUT2D eigenvalue weighted by Gasteiger charge is 2.18. The van der Waals surface area contributed by atoms with Gasteiger partial charge in [-0.15, -0.1) is 0 Å². The minimum atomic E-state index is -0.0207. The second kappa shape index (κ2) is 7.86. The van der Waals surface area contributed by atoms with Crippen molar-refractivity contribution in [1.29, 1.82) is 0 Å². The van der Waals surface area contributed by atoms with E-state index in [1.807, 2.05) is 62.6 Å². The van der Waals surface area contributed by atoms with Crippen LogP contribution in [0.2, 0.25) is 0 Å². The van der Waals surface area contributed by atoms with E-state index in [1.54, 1.807) is 4.90 Å². The Bertz CT molecular complexity index is 1020. The van der Waals surface area contributed by atoms with Crippen molar-refractivity contribution in [2.24, 2.45) is 0 Å². The van der Waals surface area contributed by atoms with Crippen molar-refractivity contribution in [2.45, 2.75) is 0 Å². The Morgan fingerprint density at radius 3 is 2.71 bits per heavy atom. The van der Waals surface area contributed by atoms with E-state index in [2.05, 4.69) is 5.32 Å². The summed E-state index contributed by atoms with van der Waals surface area (Å²) in [6.07, 6.45) is 0. The lowest BCUT2D eigenvalue weighted by atomic mass is 10.0. The van der Waals surface area contributed by atoms with Gasteiger partial charge in [-0.25, -0.2) is 4.98 Å². The molecule has 0 spiro atoms. The molecule has 6 heteroatoms. The summed E-state index contributed by atoms with van der Waals surface area (Å²) in [6.45, 7) is 2.45. The maximum atomic E-state index is 13.1. The summed E-state index contributed by atoms with van der Waals surface area (Å²) >= 11 is 0. The Hall–Kier alpha value is -3.12. The molecule has 144 valence electrons. The topological polar surface area (TPSA) is 63.7 Å². The molecule has 2 heterocycles. The van der Waals surface area contributed by atoms with Gasteiger partial charge in [0.15, 0.2) is 11.5 Å². The smallest absolute Gasteiger partial charge is 0.254 e. The Morgan fingerprint density at radius 1 is 1.11 bits per heavy atom. The van der Waals surface area contributed by atoms with Crippen molar-refractivity contribution in [2.75, 3.05) is 40.4 Å². The zero-order chi connectivity index (χ0) is 19.5. The summed E-state index contributed by atoms with van der Waals surface area (Å²) in [6, 6.07) is 15.4. The van der Waals surface area contributed by atoms with E-state index in [0.29, 0.717) is 31.1 Å². The molecule has 3 aromatic rings. The highest BCUT2D eigenvalue weighted by atomic mass is 16.6. The molecular formula is C22H23N3O3. The summed E-state index contributed by atoms with van der Waals surface area (Å²) in [4.78, 5) is 19.6. The largest absolute Gasteiger partial charge is 0.486 e. The van der Waals surface area contributed by atoms with Gasteiger partial charge in [-0.1, -0.05) is 18.2 Å². The number of carbonyl (C=O) groups is 1. The molecule has 1 N–H and O–H groups in total. The van der Waals surface area contributed by atoms with Gasteiger partial charge in [-0.05, 0) is 37.4 Å². The molecule has 1 aromatic heterocycles. The summed E-state index contributed by atoms with van der Waals surface area (Å²) < 4.78 is 11.3. The third kappa shape index (κ3) is 3.51. The number of nitrogens with zero attached hydrogens (tertiary/aromatic N) is 2. The lowest BCUT2D eigenvalue weighted by Gasteiger charge is -2.20. The maximum Gasteiger partial charge on any atom is 0.254 e. The average molecular weight is 377 g/mol. The highest BCUT2D eigenvalue weighted by Crippen LogP contribution is 2.35. The molecule has 0 bridgehead atoms. The Labute approximate surface area is 164 Å². The van der Waals surface area contributed by atoms with E-state index in [-0.39, 0.29) is 5.91 Å². The summed E-state index contributed by atoms with van der Waals surface area (Å²) in [5.74, 6) is 1.42. The van der Waals surface area contributed by atoms with Crippen molar-refractivity contribution < 1.29 is 14.3 Å². The summed E-state index contributed by atoms with van der Waals surface area (Å²) in [5, 5.41) is 3.93. The van der Waals surface area contributed by atoms with Gasteiger partial charge in [-0.3, -0.25) is 4.79 Å². The first-order chi connectivity index (χ1) is 13.7. The molecular weight excluding hydrogens is 354 g/mol. The molecule has 0 fully saturated rings. The molecule has 0 atom stereocenters. The van der Waals surface area contributed by atoms with Crippen LogP contribution >= 0.6 is 0 Å².